The average Bonchev–Trinajstić information content (AvgIpc) is 2.83. The summed E-state index contributed by atoms with van der Waals surface area (Å²) in [5.74, 6) is -0.493. The summed E-state index contributed by atoms with van der Waals surface area (Å²) in [7, 11) is -3.83. The molecule has 7 nitrogen and oxygen atoms in total. The maximum absolute atomic E-state index is 11.8. The number of amides is 1. The number of carbonyl (C=O) groups is 1. The summed E-state index contributed by atoms with van der Waals surface area (Å²) in [5.41, 5.74) is 0.700. The first-order valence-corrected chi connectivity index (χ1v) is 6.78. The van der Waals surface area contributed by atoms with Gasteiger partial charge in [0.1, 0.15) is 0 Å². The highest BCUT2D eigenvalue weighted by Crippen LogP contribution is 2.22. The number of hydrogen-bond donors (Lipinski definition) is 2. The van der Waals surface area contributed by atoms with Crippen LogP contribution >= 0.6 is 0 Å². The van der Waals surface area contributed by atoms with Gasteiger partial charge < -0.3 is 9.84 Å². The molecule has 3 N–H and O–H groups in total. The highest BCUT2D eigenvalue weighted by atomic mass is 32.2. The van der Waals surface area contributed by atoms with Crippen LogP contribution in [0.2, 0.25) is 0 Å². The third-order valence-corrected chi connectivity index (χ3v) is 3.56. The summed E-state index contributed by atoms with van der Waals surface area (Å²) in [6, 6.07) is 5.82. The normalized spacial score (nSPS) is 11.3. The average molecular weight is 281 g/mol. The van der Waals surface area contributed by atoms with Crippen molar-refractivity contribution in [3.63, 3.8) is 0 Å². The third-order valence-electron chi connectivity index (χ3n) is 2.50. The van der Waals surface area contributed by atoms with Crippen molar-refractivity contribution in [3.8, 4) is 0 Å². The zero-order valence-corrected chi connectivity index (χ0v) is 10.8. The Hall–Kier alpha value is -2.19. The van der Waals surface area contributed by atoms with E-state index in [-0.39, 0.29) is 10.7 Å². The number of hydrogen-bond acceptors (Lipinski definition) is 5. The van der Waals surface area contributed by atoms with Crippen molar-refractivity contribution in [1.82, 2.24) is 5.16 Å². The molecule has 1 heterocycles. The summed E-state index contributed by atoms with van der Waals surface area (Å²) in [6.07, 6.45) is 1.34. The van der Waals surface area contributed by atoms with Crippen molar-refractivity contribution in [2.45, 2.75) is 11.8 Å². The largest absolute Gasteiger partial charge is 0.351 e. The zero-order chi connectivity index (χ0) is 14.0. The molecule has 0 unspecified atom stereocenters. The molecule has 1 aromatic carbocycles. The minimum Gasteiger partial charge on any atom is -0.351 e. The van der Waals surface area contributed by atoms with E-state index in [1.165, 1.54) is 24.4 Å². The van der Waals surface area contributed by atoms with Gasteiger partial charge in [-0.05, 0) is 24.6 Å². The van der Waals surface area contributed by atoms with Crippen LogP contribution in [-0.4, -0.2) is 19.5 Å². The summed E-state index contributed by atoms with van der Waals surface area (Å²) in [5, 5.41) is 11.0. The second kappa shape index (κ2) is 4.82. The topological polar surface area (TPSA) is 115 Å². The molecule has 0 atom stereocenters. The number of nitrogens with two attached hydrogens (primary N) is 1. The standard InChI is InChI=1S/C11H11N3O4S/c1-7-8(3-2-4-10(7)19(12,16)17)14-11(15)9-5-6-13-18-9/h2-6H,1H3,(H,14,15)(H2,12,16,17). The van der Waals surface area contributed by atoms with Gasteiger partial charge in [0.2, 0.25) is 15.8 Å². The first kappa shape index (κ1) is 13.2. The van der Waals surface area contributed by atoms with Gasteiger partial charge in [0.25, 0.3) is 5.91 Å². The number of nitrogens with one attached hydrogen (secondary N) is 1. The number of nitrogens with zero attached hydrogens (tertiary/aromatic N) is 1. The Bertz CT molecular complexity index is 708. The molecule has 100 valence electrons. The number of anilines is 1. The van der Waals surface area contributed by atoms with Gasteiger partial charge in [0.05, 0.1) is 11.1 Å². The third kappa shape index (κ3) is 2.80. The number of primary sulfonamides is 1. The van der Waals surface area contributed by atoms with E-state index in [1.54, 1.807) is 13.0 Å². The van der Waals surface area contributed by atoms with Crippen LogP contribution in [0, 0.1) is 6.92 Å². The minimum absolute atomic E-state index is 0.0282. The molecule has 0 aliphatic carbocycles. The lowest BCUT2D eigenvalue weighted by Gasteiger charge is -2.10. The second-order valence-corrected chi connectivity index (χ2v) is 5.33. The van der Waals surface area contributed by atoms with Crippen LogP contribution in [0.1, 0.15) is 16.1 Å². The molecule has 19 heavy (non-hydrogen) atoms. The van der Waals surface area contributed by atoms with E-state index in [2.05, 4.69) is 10.5 Å². The van der Waals surface area contributed by atoms with Crippen molar-refractivity contribution < 1.29 is 17.7 Å². The Balaban J connectivity index is 2.35. The van der Waals surface area contributed by atoms with Crippen LogP contribution in [-0.2, 0) is 10.0 Å². The first-order chi connectivity index (χ1) is 8.89. The predicted octanol–water partition coefficient (Wildman–Crippen LogP) is 0.883. The highest BCUT2D eigenvalue weighted by Gasteiger charge is 2.16. The van der Waals surface area contributed by atoms with Crippen molar-refractivity contribution in [1.29, 1.82) is 0 Å². The van der Waals surface area contributed by atoms with Crippen LogP contribution in [0.5, 0.6) is 0 Å². The van der Waals surface area contributed by atoms with Gasteiger partial charge in [-0.3, -0.25) is 4.79 Å². The SMILES string of the molecule is Cc1c(NC(=O)c2ccno2)cccc1S(N)(=O)=O. The van der Waals surface area contributed by atoms with E-state index in [9.17, 15) is 13.2 Å². The molecular formula is C11H11N3O4S. The van der Waals surface area contributed by atoms with E-state index < -0.39 is 15.9 Å². The number of benzene rings is 1. The van der Waals surface area contributed by atoms with Crippen LogP contribution in [0.25, 0.3) is 0 Å². The first-order valence-electron chi connectivity index (χ1n) is 5.24. The van der Waals surface area contributed by atoms with Gasteiger partial charge in [-0.15, -0.1) is 0 Å². The summed E-state index contributed by atoms with van der Waals surface area (Å²) >= 11 is 0. The minimum atomic E-state index is -3.83. The van der Waals surface area contributed by atoms with Gasteiger partial charge in [0.15, 0.2) is 0 Å². The molecule has 0 fully saturated rings. The molecule has 2 aromatic rings. The fourth-order valence-electron chi connectivity index (χ4n) is 1.57. The number of rotatable bonds is 3. The van der Waals surface area contributed by atoms with E-state index in [1.807, 2.05) is 0 Å². The molecule has 0 saturated carbocycles. The van der Waals surface area contributed by atoms with E-state index in [0.717, 1.165) is 0 Å². The van der Waals surface area contributed by atoms with Crippen LogP contribution in [0.4, 0.5) is 5.69 Å². The van der Waals surface area contributed by atoms with E-state index in [4.69, 9.17) is 9.66 Å². The monoisotopic (exact) mass is 281 g/mol. The van der Waals surface area contributed by atoms with Gasteiger partial charge >= 0.3 is 0 Å². The van der Waals surface area contributed by atoms with Gasteiger partial charge in [-0.1, -0.05) is 11.2 Å². The lowest BCUT2D eigenvalue weighted by atomic mass is 10.2. The van der Waals surface area contributed by atoms with Crippen molar-refractivity contribution in [2.75, 3.05) is 5.32 Å². The van der Waals surface area contributed by atoms with Gasteiger partial charge in [0, 0.05) is 11.8 Å². The lowest BCUT2D eigenvalue weighted by Crippen LogP contribution is -2.16. The molecule has 2 rings (SSSR count). The molecule has 0 radical (unpaired) electrons. The lowest BCUT2D eigenvalue weighted by molar-refractivity contribution is 0.0988. The van der Waals surface area contributed by atoms with E-state index >= 15 is 0 Å². The fraction of sp³-hybridized carbons (Fsp3) is 0.0909. The smallest absolute Gasteiger partial charge is 0.294 e. The maximum atomic E-state index is 11.8. The Kier molecular flexibility index (Phi) is 3.36. The van der Waals surface area contributed by atoms with Crippen LogP contribution < -0.4 is 10.5 Å². The Morgan fingerprint density at radius 1 is 1.37 bits per heavy atom. The quantitative estimate of drug-likeness (QED) is 0.866. The van der Waals surface area contributed by atoms with Gasteiger partial charge in [-0.2, -0.15) is 0 Å². The zero-order valence-electron chi connectivity index (χ0n) is 9.95. The Morgan fingerprint density at radius 2 is 2.11 bits per heavy atom. The second-order valence-electron chi connectivity index (χ2n) is 3.80. The van der Waals surface area contributed by atoms with Crippen LogP contribution in [0.3, 0.4) is 0 Å². The molecule has 0 bridgehead atoms. The molecule has 0 aliphatic heterocycles. The van der Waals surface area contributed by atoms with Gasteiger partial charge in [-0.25, -0.2) is 13.6 Å². The maximum Gasteiger partial charge on any atom is 0.294 e. The molecule has 1 amide bonds. The fourth-order valence-corrected chi connectivity index (χ4v) is 2.38. The molecule has 8 heteroatoms. The van der Waals surface area contributed by atoms with Crippen molar-refractivity contribution in [2.24, 2.45) is 5.14 Å². The number of aromatic nitrogens is 1. The number of carbonyl (C=O) groups excluding carboxylic acids is 1. The number of sulfonamides is 1. The molecule has 0 aliphatic rings. The molecule has 1 aromatic heterocycles. The molecular weight excluding hydrogens is 270 g/mol. The van der Waals surface area contributed by atoms with Crippen molar-refractivity contribution >= 4 is 21.6 Å². The summed E-state index contributed by atoms with van der Waals surface area (Å²) in [4.78, 5) is 11.7. The summed E-state index contributed by atoms with van der Waals surface area (Å²) in [6.45, 7) is 1.55. The Labute approximate surface area is 109 Å². The van der Waals surface area contributed by atoms with Crippen molar-refractivity contribution in [3.05, 3.63) is 41.8 Å². The van der Waals surface area contributed by atoms with E-state index in [0.29, 0.717) is 11.3 Å². The Morgan fingerprint density at radius 3 is 2.68 bits per heavy atom. The predicted molar refractivity (Wildman–Crippen MR) is 67.0 cm³/mol. The summed E-state index contributed by atoms with van der Waals surface area (Å²) < 4.78 is 27.4. The van der Waals surface area contributed by atoms with Crippen LogP contribution in [0.15, 0.2) is 39.9 Å². The highest BCUT2D eigenvalue weighted by molar-refractivity contribution is 7.89. The molecule has 0 spiro atoms. The molecule has 0 saturated heterocycles.